The highest BCUT2D eigenvalue weighted by Gasteiger charge is 2.18. The highest BCUT2D eigenvalue weighted by molar-refractivity contribution is 5.98. The summed E-state index contributed by atoms with van der Waals surface area (Å²) in [5.74, 6) is 0.713. The Morgan fingerprint density at radius 2 is 1.83 bits per heavy atom. The van der Waals surface area contributed by atoms with Gasteiger partial charge in [0.05, 0.1) is 25.1 Å². The second-order valence-corrected chi connectivity index (χ2v) is 5.61. The van der Waals surface area contributed by atoms with Crippen molar-refractivity contribution >= 4 is 16.8 Å². The van der Waals surface area contributed by atoms with Gasteiger partial charge in [0.1, 0.15) is 17.2 Å². The summed E-state index contributed by atoms with van der Waals surface area (Å²) >= 11 is 0. The van der Waals surface area contributed by atoms with Crippen molar-refractivity contribution < 1.29 is 14.3 Å². The molecule has 6 heteroatoms. The van der Waals surface area contributed by atoms with Crippen LogP contribution in [0.1, 0.15) is 36.7 Å². The number of nitrogens with one attached hydrogen (secondary N) is 1. The molecular formula is C18H24N2O4. The van der Waals surface area contributed by atoms with E-state index in [9.17, 15) is 9.59 Å². The van der Waals surface area contributed by atoms with Crippen LogP contribution in [-0.2, 0) is 7.05 Å². The van der Waals surface area contributed by atoms with Gasteiger partial charge in [0.15, 0.2) is 5.43 Å². The van der Waals surface area contributed by atoms with Gasteiger partial charge in [-0.2, -0.15) is 0 Å². The lowest BCUT2D eigenvalue weighted by Gasteiger charge is -2.16. The number of aromatic nitrogens is 1. The Bertz CT molecular complexity index is 796. The number of amides is 1. The summed E-state index contributed by atoms with van der Waals surface area (Å²) in [6, 6.07) is 4.76. The molecule has 0 aliphatic rings. The van der Waals surface area contributed by atoms with Crippen LogP contribution < -0.4 is 20.2 Å². The van der Waals surface area contributed by atoms with Gasteiger partial charge in [0.25, 0.3) is 5.91 Å². The predicted molar refractivity (Wildman–Crippen MR) is 94.2 cm³/mol. The number of hydrogen-bond acceptors (Lipinski definition) is 4. The number of hydrogen-bond donors (Lipinski definition) is 1. The summed E-state index contributed by atoms with van der Waals surface area (Å²) in [5.41, 5.74) is 0.580. The molecule has 0 bridgehead atoms. The number of aryl methyl sites for hydroxylation is 1. The van der Waals surface area contributed by atoms with Crippen molar-refractivity contribution in [2.45, 2.75) is 26.2 Å². The first kappa shape index (κ1) is 17.8. The summed E-state index contributed by atoms with van der Waals surface area (Å²) in [4.78, 5) is 25.0. The van der Waals surface area contributed by atoms with Crippen molar-refractivity contribution in [3.63, 3.8) is 0 Å². The van der Waals surface area contributed by atoms with E-state index in [0.717, 1.165) is 19.3 Å². The highest BCUT2D eigenvalue weighted by Crippen LogP contribution is 2.30. The normalized spacial score (nSPS) is 10.7. The lowest BCUT2D eigenvalue weighted by Crippen LogP contribution is -2.29. The molecule has 24 heavy (non-hydrogen) atoms. The van der Waals surface area contributed by atoms with Gasteiger partial charge in [0, 0.05) is 19.7 Å². The number of fused-ring (bicyclic) bond motifs is 1. The molecular weight excluding hydrogens is 308 g/mol. The Morgan fingerprint density at radius 3 is 2.46 bits per heavy atom. The molecule has 2 rings (SSSR count). The van der Waals surface area contributed by atoms with Crippen molar-refractivity contribution in [1.29, 1.82) is 0 Å². The lowest BCUT2D eigenvalue weighted by atomic mass is 10.1. The fourth-order valence-electron chi connectivity index (χ4n) is 2.76. The maximum atomic E-state index is 12.6. The molecule has 1 aromatic heterocycles. The number of methoxy groups -OCH3 is 2. The minimum atomic E-state index is -0.266. The molecule has 0 fully saturated rings. The Hall–Kier alpha value is -2.50. The van der Waals surface area contributed by atoms with Crippen LogP contribution in [0, 0.1) is 0 Å². The van der Waals surface area contributed by atoms with Crippen LogP contribution in [0.3, 0.4) is 0 Å². The van der Waals surface area contributed by atoms with E-state index in [0.29, 0.717) is 34.6 Å². The van der Waals surface area contributed by atoms with Gasteiger partial charge in [-0.05, 0) is 18.6 Å². The average Bonchev–Trinajstić information content (AvgIpc) is 2.60. The number of benzene rings is 1. The van der Waals surface area contributed by atoms with Crippen LogP contribution in [0.5, 0.6) is 11.5 Å². The van der Waals surface area contributed by atoms with E-state index in [4.69, 9.17) is 9.47 Å². The zero-order chi connectivity index (χ0) is 17.7. The molecule has 1 aromatic carbocycles. The van der Waals surface area contributed by atoms with Gasteiger partial charge in [0.2, 0.25) is 0 Å². The average molecular weight is 332 g/mol. The molecule has 1 heterocycles. The van der Waals surface area contributed by atoms with E-state index in [1.807, 2.05) is 0 Å². The first-order chi connectivity index (χ1) is 11.5. The number of carbonyl (C=O) groups excluding carboxylic acids is 1. The maximum Gasteiger partial charge on any atom is 0.268 e. The molecule has 0 radical (unpaired) electrons. The fraction of sp³-hybridized carbons (Fsp3) is 0.444. The third kappa shape index (κ3) is 3.37. The monoisotopic (exact) mass is 332 g/mol. The fourth-order valence-corrected chi connectivity index (χ4v) is 2.76. The third-order valence-corrected chi connectivity index (χ3v) is 4.05. The molecule has 0 saturated carbocycles. The molecule has 0 atom stereocenters. The Morgan fingerprint density at radius 1 is 1.17 bits per heavy atom. The van der Waals surface area contributed by atoms with Gasteiger partial charge in [-0.25, -0.2) is 0 Å². The minimum absolute atomic E-state index is 0.266. The summed E-state index contributed by atoms with van der Waals surface area (Å²) in [6.07, 6.45) is 3.06. The summed E-state index contributed by atoms with van der Waals surface area (Å²) in [6.45, 7) is 2.70. The summed E-state index contributed by atoms with van der Waals surface area (Å²) in [5, 5.41) is 3.27. The van der Waals surface area contributed by atoms with Crippen LogP contribution >= 0.6 is 0 Å². The second-order valence-electron chi connectivity index (χ2n) is 5.61. The number of pyridine rings is 1. The largest absolute Gasteiger partial charge is 0.496 e. The van der Waals surface area contributed by atoms with Crippen LogP contribution in [-0.4, -0.2) is 31.2 Å². The van der Waals surface area contributed by atoms with E-state index < -0.39 is 0 Å². The quantitative estimate of drug-likeness (QED) is 0.791. The molecule has 0 spiro atoms. The number of unbranched alkanes of at least 4 members (excludes halogenated alkanes) is 2. The third-order valence-electron chi connectivity index (χ3n) is 4.05. The number of nitrogens with zero attached hydrogens (tertiary/aromatic N) is 1. The van der Waals surface area contributed by atoms with Crippen molar-refractivity contribution in [1.82, 2.24) is 9.88 Å². The van der Waals surface area contributed by atoms with Gasteiger partial charge < -0.3 is 19.4 Å². The van der Waals surface area contributed by atoms with Crippen LogP contribution in [0.4, 0.5) is 0 Å². The van der Waals surface area contributed by atoms with Crippen molar-refractivity contribution in [3.05, 3.63) is 34.1 Å². The topological polar surface area (TPSA) is 69.6 Å². The molecule has 0 aliphatic carbocycles. The van der Waals surface area contributed by atoms with E-state index in [-0.39, 0.29) is 11.3 Å². The predicted octanol–water partition coefficient (Wildman–Crippen LogP) is 2.48. The molecule has 1 N–H and O–H groups in total. The summed E-state index contributed by atoms with van der Waals surface area (Å²) < 4.78 is 12.3. The molecule has 0 aliphatic heterocycles. The van der Waals surface area contributed by atoms with Gasteiger partial charge in [-0.15, -0.1) is 0 Å². The number of rotatable bonds is 7. The van der Waals surface area contributed by atoms with Crippen LogP contribution in [0.15, 0.2) is 23.0 Å². The van der Waals surface area contributed by atoms with Crippen LogP contribution in [0.25, 0.3) is 10.9 Å². The molecule has 0 unspecified atom stereocenters. The Kier molecular flexibility index (Phi) is 5.84. The highest BCUT2D eigenvalue weighted by atomic mass is 16.5. The summed E-state index contributed by atoms with van der Waals surface area (Å²) in [7, 11) is 4.78. The smallest absolute Gasteiger partial charge is 0.268 e. The number of carbonyl (C=O) groups is 1. The van der Waals surface area contributed by atoms with E-state index >= 15 is 0 Å². The van der Waals surface area contributed by atoms with Gasteiger partial charge in [-0.1, -0.05) is 19.8 Å². The molecule has 1 amide bonds. The SMILES string of the molecule is CCCCCNC(=O)c1cc(=O)c2c(OC)ccc(OC)c2n1C. The van der Waals surface area contributed by atoms with Gasteiger partial charge in [-0.3, -0.25) is 9.59 Å². The van der Waals surface area contributed by atoms with Crippen LogP contribution in [0.2, 0.25) is 0 Å². The van der Waals surface area contributed by atoms with E-state index in [2.05, 4.69) is 12.2 Å². The maximum absolute atomic E-state index is 12.6. The zero-order valence-electron chi connectivity index (χ0n) is 14.6. The van der Waals surface area contributed by atoms with Crippen molar-refractivity contribution in [2.75, 3.05) is 20.8 Å². The molecule has 2 aromatic rings. The van der Waals surface area contributed by atoms with Gasteiger partial charge >= 0.3 is 0 Å². The molecule has 6 nitrogen and oxygen atoms in total. The minimum Gasteiger partial charge on any atom is -0.496 e. The number of ether oxygens (including phenoxy) is 2. The lowest BCUT2D eigenvalue weighted by molar-refractivity contribution is 0.0944. The second kappa shape index (κ2) is 7.86. The van der Waals surface area contributed by atoms with E-state index in [1.165, 1.54) is 20.3 Å². The Labute approximate surface area is 141 Å². The first-order valence-electron chi connectivity index (χ1n) is 8.08. The van der Waals surface area contributed by atoms with Crippen molar-refractivity contribution in [3.8, 4) is 11.5 Å². The standard InChI is InChI=1S/C18H24N2O4/c1-5-6-7-10-19-18(22)12-11-13(21)16-14(23-3)8-9-15(24-4)17(16)20(12)2/h8-9,11H,5-7,10H2,1-4H3,(H,19,22). The zero-order valence-corrected chi connectivity index (χ0v) is 14.6. The molecule has 130 valence electrons. The first-order valence-corrected chi connectivity index (χ1v) is 8.08. The Balaban J connectivity index is 2.52. The van der Waals surface area contributed by atoms with Crippen molar-refractivity contribution in [2.24, 2.45) is 7.05 Å². The van der Waals surface area contributed by atoms with E-state index in [1.54, 1.807) is 23.7 Å². The molecule has 0 saturated heterocycles.